The first kappa shape index (κ1) is 8.65. The lowest BCUT2D eigenvalue weighted by Gasteiger charge is -2.13. The summed E-state index contributed by atoms with van der Waals surface area (Å²) < 4.78 is 0. The van der Waals surface area contributed by atoms with Crippen LogP contribution in [0.2, 0.25) is 0 Å². The second kappa shape index (κ2) is 2.98. The summed E-state index contributed by atoms with van der Waals surface area (Å²) in [6.45, 7) is 3.16. The molecule has 0 amide bonds. The molecule has 0 rings (SSSR count). The minimum absolute atomic E-state index is 0.0428. The fourth-order valence-electron chi connectivity index (χ4n) is 0.199. The lowest BCUT2D eigenvalue weighted by Crippen LogP contribution is -2.37. The SMILES string of the molecule is C=C[C@@](O)(CBr)C(=O)O. The number of carboxylic acid groups (broad SMARTS) is 1. The van der Waals surface area contributed by atoms with Crippen molar-refractivity contribution in [1.29, 1.82) is 0 Å². The van der Waals surface area contributed by atoms with E-state index in [1.165, 1.54) is 0 Å². The van der Waals surface area contributed by atoms with E-state index in [9.17, 15) is 4.79 Å². The number of hydrogen-bond donors (Lipinski definition) is 2. The summed E-state index contributed by atoms with van der Waals surface area (Å²) >= 11 is 2.83. The van der Waals surface area contributed by atoms with Crippen LogP contribution < -0.4 is 0 Å². The molecule has 52 valence electrons. The van der Waals surface area contributed by atoms with Crippen LogP contribution in [0.3, 0.4) is 0 Å². The first-order valence-electron chi connectivity index (χ1n) is 2.22. The maximum atomic E-state index is 10.1. The van der Waals surface area contributed by atoms with Gasteiger partial charge < -0.3 is 10.2 Å². The maximum Gasteiger partial charge on any atom is 0.340 e. The zero-order chi connectivity index (χ0) is 7.49. The number of aliphatic hydroxyl groups is 1. The van der Waals surface area contributed by atoms with Crippen molar-refractivity contribution >= 4 is 21.9 Å². The molecule has 3 nitrogen and oxygen atoms in total. The average molecular weight is 195 g/mol. The van der Waals surface area contributed by atoms with Gasteiger partial charge in [-0.25, -0.2) is 4.79 Å². The second-order valence-corrected chi connectivity index (χ2v) is 2.13. The maximum absolute atomic E-state index is 10.1. The van der Waals surface area contributed by atoms with Crippen LogP contribution in [0.25, 0.3) is 0 Å². The van der Waals surface area contributed by atoms with Crippen molar-refractivity contribution in [2.75, 3.05) is 5.33 Å². The lowest BCUT2D eigenvalue weighted by molar-refractivity contribution is -0.151. The Balaban J connectivity index is 4.27. The molecule has 1 atom stereocenters. The summed E-state index contributed by atoms with van der Waals surface area (Å²) in [5.74, 6) is -1.30. The summed E-state index contributed by atoms with van der Waals surface area (Å²) in [4.78, 5) is 10.1. The van der Waals surface area contributed by atoms with Gasteiger partial charge in [-0.2, -0.15) is 0 Å². The quantitative estimate of drug-likeness (QED) is 0.505. The predicted octanol–water partition coefficient (Wildman–Crippen LogP) is 0.383. The summed E-state index contributed by atoms with van der Waals surface area (Å²) in [7, 11) is 0. The molecule has 2 N–H and O–H groups in total. The van der Waals surface area contributed by atoms with Gasteiger partial charge in [0, 0.05) is 5.33 Å². The number of carbonyl (C=O) groups is 1. The zero-order valence-corrected chi connectivity index (χ0v) is 6.26. The molecule has 0 saturated heterocycles. The monoisotopic (exact) mass is 194 g/mol. The molecular formula is C5H7BrO3. The van der Waals surface area contributed by atoms with E-state index in [-0.39, 0.29) is 5.33 Å². The smallest absolute Gasteiger partial charge is 0.340 e. The van der Waals surface area contributed by atoms with Crippen LogP contribution in [0.4, 0.5) is 0 Å². The Morgan fingerprint density at radius 2 is 2.33 bits per heavy atom. The number of carboxylic acids is 1. The van der Waals surface area contributed by atoms with Crippen molar-refractivity contribution in [3.05, 3.63) is 12.7 Å². The van der Waals surface area contributed by atoms with Crippen molar-refractivity contribution in [3.8, 4) is 0 Å². The van der Waals surface area contributed by atoms with E-state index in [4.69, 9.17) is 10.2 Å². The Labute approximate surface area is 61.1 Å². The van der Waals surface area contributed by atoms with E-state index in [2.05, 4.69) is 22.5 Å². The van der Waals surface area contributed by atoms with Gasteiger partial charge in [0.05, 0.1) is 0 Å². The van der Waals surface area contributed by atoms with Gasteiger partial charge in [-0.05, 0) is 6.08 Å². The van der Waals surface area contributed by atoms with Crippen LogP contribution in [0.5, 0.6) is 0 Å². The minimum Gasteiger partial charge on any atom is -0.479 e. The largest absolute Gasteiger partial charge is 0.479 e. The topological polar surface area (TPSA) is 57.5 Å². The highest BCUT2D eigenvalue weighted by Crippen LogP contribution is 2.08. The Bertz CT molecular complexity index is 134. The Morgan fingerprint density at radius 1 is 1.89 bits per heavy atom. The summed E-state index contributed by atoms with van der Waals surface area (Å²) in [5.41, 5.74) is -1.82. The van der Waals surface area contributed by atoms with Crippen LogP contribution in [-0.4, -0.2) is 27.1 Å². The molecule has 0 bridgehead atoms. The highest BCUT2D eigenvalue weighted by molar-refractivity contribution is 9.09. The first-order valence-corrected chi connectivity index (χ1v) is 3.34. The van der Waals surface area contributed by atoms with E-state index < -0.39 is 11.6 Å². The molecule has 0 aromatic carbocycles. The Hall–Kier alpha value is -0.350. The molecule has 0 aromatic heterocycles. The Morgan fingerprint density at radius 3 is 2.33 bits per heavy atom. The van der Waals surface area contributed by atoms with Crippen LogP contribution >= 0.6 is 15.9 Å². The molecule has 9 heavy (non-hydrogen) atoms. The molecule has 0 radical (unpaired) electrons. The molecule has 4 heteroatoms. The highest BCUT2D eigenvalue weighted by atomic mass is 79.9. The van der Waals surface area contributed by atoms with E-state index >= 15 is 0 Å². The molecule has 0 aliphatic heterocycles. The van der Waals surface area contributed by atoms with Gasteiger partial charge in [-0.1, -0.05) is 22.5 Å². The van der Waals surface area contributed by atoms with Gasteiger partial charge in [0.1, 0.15) is 0 Å². The molecule has 0 unspecified atom stereocenters. The van der Waals surface area contributed by atoms with Crippen molar-refractivity contribution < 1.29 is 15.0 Å². The molecule has 0 aliphatic carbocycles. The van der Waals surface area contributed by atoms with E-state index in [1.54, 1.807) is 0 Å². The number of rotatable bonds is 3. The van der Waals surface area contributed by atoms with Gasteiger partial charge in [0.2, 0.25) is 0 Å². The van der Waals surface area contributed by atoms with Gasteiger partial charge in [-0.15, -0.1) is 0 Å². The highest BCUT2D eigenvalue weighted by Gasteiger charge is 2.30. The number of hydrogen-bond acceptors (Lipinski definition) is 2. The second-order valence-electron chi connectivity index (χ2n) is 1.57. The molecule has 0 fully saturated rings. The van der Waals surface area contributed by atoms with Crippen molar-refractivity contribution in [2.24, 2.45) is 0 Å². The van der Waals surface area contributed by atoms with E-state index in [1.807, 2.05) is 0 Å². The fraction of sp³-hybridized carbons (Fsp3) is 0.400. The van der Waals surface area contributed by atoms with Crippen molar-refractivity contribution in [1.82, 2.24) is 0 Å². The van der Waals surface area contributed by atoms with Gasteiger partial charge in [-0.3, -0.25) is 0 Å². The molecular weight excluding hydrogens is 188 g/mol. The minimum atomic E-state index is -1.82. The number of halogens is 1. The standard InChI is InChI=1S/C5H7BrO3/c1-2-5(9,3-6)4(7)8/h2,9H,1,3H2,(H,7,8)/t5-/m1/s1. The molecule has 0 aromatic rings. The first-order chi connectivity index (χ1) is 4.06. The fourth-order valence-corrected chi connectivity index (χ4v) is 0.668. The van der Waals surface area contributed by atoms with Crippen molar-refractivity contribution in [3.63, 3.8) is 0 Å². The van der Waals surface area contributed by atoms with E-state index in [0.717, 1.165) is 6.08 Å². The number of alkyl halides is 1. The lowest BCUT2D eigenvalue weighted by atomic mass is 10.1. The third-order valence-electron chi connectivity index (χ3n) is 0.912. The Kier molecular flexibility index (Phi) is 2.87. The third kappa shape index (κ3) is 1.80. The molecule has 0 aliphatic rings. The van der Waals surface area contributed by atoms with Crippen LogP contribution in [0.1, 0.15) is 0 Å². The van der Waals surface area contributed by atoms with Crippen molar-refractivity contribution in [2.45, 2.75) is 5.60 Å². The van der Waals surface area contributed by atoms with Crippen LogP contribution in [0.15, 0.2) is 12.7 Å². The van der Waals surface area contributed by atoms with Crippen LogP contribution in [-0.2, 0) is 4.79 Å². The summed E-state index contributed by atoms with van der Waals surface area (Å²) in [6, 6.07) is 0. The molecule has 0 heterocycles. The summed E-state index contributed by atoms with van der Waals surface area (Å²) in [5, 5.41) is 17.2. The summed E-state index contributed by atoms with van der Waals surface area (Å²) in [6.07, 6.45) is 0.976. The van der Waals surface area contributed by atoms with E-state index in [0.29, 0.717) is 0 Å². The predicted molar refractivity (Wildman–Crippen MR) is 36.6 cm³/mol. The number of aliphatic carboxylic acids is 1. The molecule has 0 spiro atoms. The van der Waals surface area contributed by atoms with Gasteiger partial charge in [0.25, 0.3) is 0 Å². The van der Waals surface area contributed by atoms with Crippen LogP contribution in [0, 0.1) is 0 Å². The third-order valence-corrected chi connectivity index (χ3v) is 1.77. The molecule has 0 saturated carbocycles. The van der Waals surface area contributed by atoms with Gasteiger partial charge in [0.15, 0.2) is 5.60 Å². The average Bonchev–Trinajstić information content (AvgIpc) is 1.86. The zero-order valence-electron chi connectivity index (χ0n) is 4.67. The normalized spacial score (nSPS) is 16.2. The van der Waals surface area contributed by atoms with Gasteiger partial charge >= 0.3 is 5.97 Å².